The fourth-order valence-electron chi connectivity index (χ4n) is 2.28. The first-order valence-electron chi connectivity index (χ1n) is 8.06. The summed E-state index contributed by atoms with van der Waals surface area (Å²) in [6.07, 6.45) is 0. The van der Waals surface area contributed by atoms with Crippen LogP contribution >= 0.6 is 0 Å². The quantitative estimate of drug-likeness (QED) is 0.510. The predicted octanol–water partition coefficient (Wildman–Crippen LogP) is 2.11. The van der Waals surface area contributed by atoms with E-state index in [9.17, 15) is 37.6 Å². The van der Waals surface area contributed by atoms with Gasteiger partial charge in [0.2, 0.25) is 0 Å². The number of aliphatic carboxylic acids is 1. The number of hydrogen-bond acceptors (Lipinski definition) is 6. The van der Waals surface area contributed by atoms with Crippen LogP contribution in [0.15, 0.2) is 53.4 Å². The van der Waals surface area contributed by atoms with Crippen molar-refractivity contribution >= 4 is 27.7 Å². The smallest absolute Gasteiger partial charge is 0.332 e. The van der Waals surface area contributed by atoms with Crippen molar-refractivity contribution < 1.29 is 32.4 Å². The third kappa shape index (κ3) is 5.48. The minimum Gasteiger partial charge on any atom is -0.480 e. The first-order valence-corrected chi connectivity index (χ1v) is 9.54. The molecule has 0 bridgehead atoms. The van der Waals surface area contributed by atoms with Crippen LogP contribution in [0.5, 0.6) is 0 Å². The first kappa shape index (κ1) is 21.8. The van der Waals surface area contributed by atoms with Gasteiger partial charge >= 0.3 is 12.0 Å². The zero-order valence-electron chi connectivity index (χ0n) is 15.0. The molecule has 12 heteroatoms. The van der Waals surface area contributed by atoms with E-state index in [2.05, 4.69) is 0 Å². The minimum atomic E-state index is -4.38. The number of carbonyl (C=O) groups is 2. The maximum Gasteiger partial charge on any atom is 0.332 e. The third-order valence-electron chi connectivity index (χ3n) is 3.93. The molecule has 0 aliphatic carbocycles. The number of rotatable bonds is 7. The largest absolute Gasteiger partial charge is 0.480 e. The number of nitrogens with one attached hydrogen (secondary N) is 1. The van der Waals surface area contributed by atoms with E-state index in [-0.39, 0.29) is 17.1 Å². The molecule has 0 radical (unpaired) electrons. The fourth-order valence-corrected chi connectivity index (χ4v) is 3.24. The molecule has 0 heterocycles. The van der Waals surface area contributed by atoms with E-state index in [1.54, 1.807) is 4.72 Å². The van der Waals surface area contributed by atoms with Gasteiger partial charge in [-0.2, -0.15) is 0 Å². The molecule has 0 fully saturated rings. The summed E-state index contributed by atoms with van der Waals surface area (Å²) in [6, 6.07) is 6.05. The Balaban J connectivity index is 2.26. The molecule has 154 valence electrons. The Morgan fingerprint density at radius 2 is 1.72 bits per heavy atom. The summed E-state index contributed by atoms with van der Waals surface area (Å²) in [6.45, 7) is 0.855. The number of halogens is 1. The molecule has 2 aromatic carbocycles. The maximum atomic E-state index is 13.0. The van der Waals surface area contributed by atoms with Crippen molar-refractivity contribution in [2.45, 2.75) is 24.4 Å². The van der Waals surface area contributed by atoms with Gasteiger partial charge in [-0.3, -0.25) is 10.1 Å². The Labute approximate surface area is 164 Å². The van der Waals surface area contributed by atoms with Gasteiger partial charge in [-0.25, -0.2) is 27.1 Å². The van der Waals surface area contributed by atoms with Crippen LogP contribution in [0.4, 0.5) is 14.9 Å². The monoisotopic (exact) mass is 425 g/mol. The first-order chi connectivity index (χ1) is 13.5. The molecule has 0 aromatic heterocycles. The lowest BCUT2D eigenvalue weighted by Crippen LogP contribution is -2.49. The van der Waals surface area contributed by atoms with Gasteiger partial charge in [0, 0.05) is 18.7 Å². The number of carboxylic acids is 1. The number of nitro benzene ring substituents is 1. The van der Waals surface area contributed by atoms with Crippen LogP contribution in [0.25, 0.3) is 0 Å². The average Bonchev–Trinajstić information content (AvgIpc) is 2.65. The highest BCUT2D eigenvalue weighted by atomic mass is 32.2. The summed E-state index contributed by atoms with van der Waals surface area (Å²) in [7, 11) is -4.38. The number of nitrogens with zero attached hydrogens (tertiary/aromatic N) is 2. The molecular formula is C17H16FN3O7S. The summed E-state index contributed by atoms with van der Waals surface area (Å²) in [5, 5.41) is 20.0. The molecule has 1 unspecified atom stereocenters. The highest BCUT2D eigenvalue weighted by Gasteiger charge is 2.29. The Bertz CT molecular complexity index is 1020. The van der Waals surface area contributed by atoms with Gasteiger partial charge in [0.1, 0.15) is 11.9 Å². The second-order valence-electron chi connectivity index (χ2n) is 5.93. The normalized spacial score (nSPS) is 12.1. The molecule has 10 nitrogen and oxygen atoms in total. The number of sulfonamides is 1. The number of benzene rings is 2. The van der Waals surface area contributed by atoms with Crippen LogP contribution in [0.2, 0.25) is 0 Å². The second kappa shape index (κ2) is 8.65. The number of hydrogen-bond donors (Lipinski definition) is 2. The minimum absolute atomic E-state index is 0.199. The molecule has 0 aliphatic heterocycles. The molecule has 0 aliphatic rings. The zero-order valence-corrected chi connectivity index (χ0v) is 15.8. The average molecular weight is 425 g/mol. The van der Waals surface area contributed by atoms with Crippen LogP contribution in [0, 0.1) is 15.9 Å². The molecule has 2 amide bonds. The predicted molar refractivity (Wildman–Crippen MR) is 97.9 cm³/mol. The molecule has 0 saturated heterocycles. The van der Waals surface area contributed by atoms with E-state index in [4.69, 9.17) is 0 Å². The van der Waals surface area contributed by atoms with Crippen molar-refractivity contribution in [3.8, 4) is 0 Å². The molecule has 0 saturated carbocycles. The van der Waals surface area contributed by atoms with Crippen LogP contribution in [-0.4, -0.2) is 41.4 Å². The lowest BCUT2D eigenvalue weighted by atomic mass is 10.1. The summed E-state index contributed by atoms with van der Waals surface area (Å²) in [4.78, 5) is 34.3. The highest BCUT2D eigenvalue weighted by Crippen LogP contribution is 2.16. The number of non-ortho nitro benzene ring substituents is 1. The highest BCUT2D eigenvalue weighted by molar-refractivity contribution is 7.90. The Hall–Kier alpha value is -3.54. The van der Waals surface area contributed by atoms with Crippen LogP contribution < -0.4 is 4.72 Å². The summed E-state index contributed by atoms with van der Waals surface area (Å²) >= 11 is 0. The van der Waals surface area contributed by atoms with Crippen molar-refractivity contribution in [2.24, 2.45) is 0 Å². The van der Waals surface area contributed by atoms with Gasteiger partial charge in [-0.05, 0) is 36.8 Å². The summed E-state index contributed by atoms with van der Waals surface area (Å²) in [5.41, 5.74) is 0.146. The van der Waals surface area contributed by atoms with Gasteiger partial charge in [0.15, 0.2) is 0 Å². The van der Waals surface area contributed by atoms with Crippen molar-refractivity contribution in [2.75, 3.05) is 0 Å². The lowest BCUT2D eigenvalue weighted by Gasteiger charge is -2.26. The number of amides is 2. The number of carboxylic acid groups (broad SMARTS) is 1. The van der Waals surface area contributed by atoms with Crippen molar-refractivity contribution in [3.05, 3.63) is 70.0 Å². The van der Waals surface area contributed by atoms with E-state index < -0.39 is 38.8 Å². The van der Waals surface area contributed by atoms with E-state index in [1.807, 2.05) is 0 Å². The van der Waals surface area contributed by atoms with Crippen molar-refractivity contribution in [3.63, 3.8) is 0 Å². The Kier molecular flexibility index (Phi) is 6.49. The second-order valence-corrected chi connectivity index (χ2v) is 7.61. The summed E-state index contributed by atoms with van der Waals surface area (Å²) < 4.78 is 39.4. The Morgan fingerprint density at radius 3 is 2.21 bits per heavy atom. The van der Waals surface area contributed by atoms with Gasteiger partial charge < -0.3 is 10.0 Å². The van der Waals surface area contributed by atoms with E-state index in [1.165, 1.54) is 31.2 Å². The molecule has 2 N–H and O–H groups in total. The number of nitro groups is 1. The van der Waals surface area contributed by atoms with Gasteiger partial charge in [0.05, 0.1) is 9.82 Å². The van der Waals surface area contributed by atoms with Crippen molar-refractivity contribution in [1.29, 1.82) is 0 Å². The van der Waals surface area contributed by atoms with Crippen LogP contribution in [0.1, 0.15) is 12.5 Å². The topological polar surface area (TPSA) is 147 Å². The molecule has 2 aromatic rings. The van der Waals surface area contributed by atoms with E-state index in [0.29, 0.717) is 5.56 Å². The Morgan fingerprint density at radius 1 is 1.17 bits per heavy atom. The SMILES string of the molecule is CC(C(=O)O)N(Cc1ccc([N+](=O)[O-])cc1)C(=O)NS(=O)(=O)c1ccc(F)cc1. The lowest BCUT2D eigenvalue weighted by molar-refractivity contribution is -0.384. The number of carbonyl (C=O) groups excluding carboxylic acids is 1. The molecule has 0 spiro atoms. The van der Waals surface area contributed by atoms with Crippen molar-refractivity contribution in [1.82, 2.24) is 9.62 Å². The van der Waals surface area contributed by atoms with Crippen LogP contribution in [-0.2, 0) is 21.4 Å². The molecule has 2 rings (SSSR count). The van der Waals surface area contributed by atoms with Gasteiger partial charge in [-0.15, -0.1) is 0 Å². The number of urea groups is 1. The fraction of sp³-hybridized carbons (Fsp3) is 0.176. The molecule has 29 heavy (non-hydrogen) atoms. The zero-order chi connectivity index (χ0) is 21.8. The molecular weight excluding hydrogens is 409 g/mol. The van der Waals surface area contributed by atoms with E-state index in [0.717, 1.165) is 29.2 Å². The van der Waals surface area contributed by atoms with E-state index >= 15 is 0 Å². The van der Waals surface area contributed by atoms with Gasteiger partial charge in [0.25, 0.3) is 15.7 Å². The van der Waals surface area contributed by atoms with Gasteiger partial charge in [-0.1, -0.05) is 12.1 Å². The maximum absolute atomic E-state index is 13.0. The summed E-state index contributed by atoms with van der Waals surface area (Å²) in [5.74, 6) is -2.06. The molecule has 1 atom stereocenters. The third-order valence-corrected chi connectivity index (χ3v) is 5.27. The standard InChI is InChI=1S/C17H16FN3O7S/c1-11(16(22)23)20(10-12-2-6-14(7-3-12)21(25)26)17(24)19-29(27,28)15-8-4-13(18)5-9-15/h2-9,11H,10H2,1H3,(H,19,24)(H,22,23). The van der Waals surface area contributed by atoms with Crippen LogP contribution in [0.3, 0.4) is 0 Å².